The van der Waals surface area contributed by atoms with Crippen molar-refractivity contribution >= 4 is 44.9 Å². The average molecular weight is 293 g/mol. The van der Waals surface area contributed by atoms with Crippen LogP contribution < -0.4 is 11.1 Å². The summed E-state index contributed by atoms with van der Waals surface area (Å²) in [5, 5.41) is 4.41. The number of pyridine rings is 1. The van der Waals surface area contributed by atoms with Gasteiger partial charge in [-0.15, -0.1) is 11.3 Å². The normalized spacial score (nSPS) is 18.8. The lowest BCUT2D eigenvalue weighted by Gasteiger charge is -2.09. The highest BCUT2D eigenvalue weighted by molar-refractivity contribution is 8.00. The van der Waals surface area contributed by atoms with Gasteiger partial charge in [-0.05, 0) is 30.7 Å². The predicted molar refractivity (Wildman–Crippen MR) is 81.8 cm³/mol. The van der Waals surface area contributed by atoms with Gasteiger partial charge in [0.05, 0.1) is 5.69 Å². The number of nitrogens with two attached hydrogens (primary N) is 1. The van der Waals surface area contributed by atoms with E-state index in [1.807, 2.05) is 23.9 Å². The Balaban J connectivity index is 1.75. The summed E-state index contributed by atoms with van der Waals surface area (Å²) in [5.74, 6) is 1.13. The Hall–Kier alpha value is -1.27. The molecule has 19 heavy (non-hydrogen) atoms. The maximum absolute atomic E-state index is 12.2. The van der Waals surface area contributed by atoms with Crippen LogP contribution in [0.5, 0.6) is 0 Å². The molecule has 1 aliphatic rings. The molecule has 100 valence electrons. The second kappa shape index (κ2) is 5.38. The van der Waals surface area contributed by atoms with Crippen LogP contribution in [0.15, 0.2) is 18.3 Å². The fourth-order valence-electron chi connectivity index (χ4n) is 2.21. The van der Waals surface area contributed by atoms with E-state index < -0.39 is 0 Å². The predicted octanol–water partition coefficient (Wildman–Crippen LogP) is 2.50. The molecule has 0 aromatic carbocycles. The summed E-state index contributed by atoms with van der Waals surface area (Å²) in [5.41, 5.74) is 6.57. The van der Waals surface area contributed by atoms with Crippen LogP contribution in [0.4, 0.5) is 5.69 Å². The number of carbonyl (C=O) groups is 1. The maximum atomic E-state index is 12.2. The van der Waals surface area contributed by atoms with Gasteiger partial charge in [-0.3, -0.25) is 4.79 Å². The Labute approximate surface area is 119 Å². The van der Waals surface area contributed by atoms with Crippen molar-refractivity contribution in [3.05, 3.63) is 23.2 Å². The SMILES string of the molecule is Nc1c(C(=O)NCC2CCCS2)sc2ncccc12. The first-order valence-electron chi connectivity index (χ1n) is 6.28. The number of rotatable bonds is 3. The number of nitrogen functional groups attached to an aromatic ring is 1. The lowest BCUT2D eigenvalue weighted by atomic mass is 10.2. The van der Waals surface area contributed by atoms with Crippen molar-refractivity contribution in [3.8, 4) is 0 Å². The standard InChI is InChI=1S/C13H15N3OS2/c14-10-9-4-1-5-15-13(9)19-11(10)12(17)16-7-8-3-2-6-18-8/h1,4-5,8H,2-3,6-7,14H2,(H,16,17). The smallest absolute Gasteiger partial charge is 0.263 e. The van der Waals surface area contributed by atoms with Gasteiger partial charge in [0.1, 0.15) is 9.71 Å². The van der Waals surface area contributed by atoms with Gasteiger partial charge in [0.15, 0.2) is 0 Å². The molecule has 1 aliphatic heterocycles. The van der Waals surface area contributed by atoms with Gasteiger partial charge in [0.25, 0.3) is 5.91 Å². The molecule has 2 aromatic heterocycles. The van der Waals surface area contributed by atoms with E-state index in [0.717, 1.165) is 16.8 Å². The molecule has 3 heterocycles. The minimum absolute atomic E-state index is 0.0759. The number of aromatic nitrogens is 1. The summed E-state index contributed by atoms with van der Waals surface area (Å²) in [4.78, 5) is 17.8. The van der Waals surface area contributed by atoms with Crippen molar-refractivity contribution < 1.29 is 4.79 Å². The Bertz CT molecular complexity index is 605. The molecule has 0 aliphatic carbocycles. The highest BCUT2D eigenvalue weighted by Gasteiger charge is 2.20. The second-order valence-corrected chi connectivity index (χ2v) is 6.95. The van der Waals surface area contributed by atoms with E-state index in [-0.39, 0.29) is 5.91 Å². The number of fused-ring (bicyclic) bond motifs is 1. The molecule has 1 atom stereocenters. The third-order valence-electron chi connectivity index (χ3n) is 3.23. The molecule has 1 fully saturated rings. The van der Waals surface area contributed by atoms with Crippen molar-refractivity contribution in [2.75, 3.05) is 18.0 Å². The largest absolute Gasteiger partial charge is 0.397 e. The first-order chi connectivity index (χ1) is 9.25. The topological polar surface area (TPSA) is 68.0 Å². The highest BCUT2D eigenvalue weighted by Crippen LogP contribution is 2.32. The monoisotopic (exact) mass is 293 g/mol. The first-order valence-corrected chi connectivity index (χ1v) is 8.15. The van der Waals surface area contributed by atoms with E-state index in [2.05, 4.69) is 10.3 Å². The summed E-state index contributed by atoms with van der Waals surface area (Å²) < 4.78 is 0. The molecule has 4 nitrogen and oxygen atoms in total. The molecule has 1 unspecified atom stereocenters. The van der Waals surface area contributed by atoms with Gasteiger partial charge >= 0.3 is 0 Å². The van der Waals surface area contributed by atoms with Crippen LogP contribution in [0.3, 0.4) is 0 Å². The number of thioether (sulfide) groups is 1. The van der Waals surface area contributed by atoms with Crippen LogP contribution in [0.1, 0.15) is 22.5 Å². The van der Waals surface area contributed by atoms with Crippen molar-refractivity contribution in [2.24, 2.45) is 0 Å². The number of hydrogen-bond donors (Lipinski definition) is 2. The summed E-state index contributed by atoms with van der Waals surface area (Å²) in [6.45, 7) is 0.727. The number of anilines is 1. The Morgan fingerprint density at radius 3 is 3.21 bits per heavy atom. The van der Waals surface area contributed by atoms with E-state index >= 15 is 0 Å². The fraction of sp³-hybridized carbons (Fsp3) is 0.385. The summed E-state index contributed by atoms with van der Waals surface area (Å²) >= 11 is 3.29. The Morgan fingerprint density at radius 2 is 2.47 bits per heavy atom. The number of nitrogens with one attached hydrogen (secondary N) is 1. The van der Waals surface area contributed by atoms with Gasteiger partial charge < -0.3 is 11.1 Å². The van der Waals surface area contributed by atoms with Crippen LogP contribution in [0, 0.1) is 0 Å². The van der Waals surface area contributed by atoms with Gasteiger partial charge in [-0.25, -0.2) is 4.98 Å². The second-order valence-electron chi connectivity index (χ2n) is 4.55. The zero-order valence-corrected chi connectivity index (χ0v) is 12.0. The molecule has 0 saturated carbocycles. The molecule has 6 heteroatoms. The van der Waals surface area contributed by atoms with E-state index in [9.17, 15) is 4.79 Å². The molecule has 0 radical (unpaired) electrons. The fourth-order valence-corrected chi connectivity index (χ4v) is 4.39. The Morgan fingerprint density at radius 1 is 1.58 bits per heavy atom. The van der Waals surface area contributed by atoms with Crippen LogP contribution >= 0.6 is 23.1 Å². The molecule has 1 saturated heterocycles. The van der Waals surface area contributed by atoms with E-state index in [1.165, 1.54) is 29.9 Å². The van der Waals surface area contributed by atoms with Gasteiger partial charge in [0.2, 0.25) is 0 Å². The van der Waals surface area contributed by atoms with E-state index in [1.54, 1.807) is 6.20 Å². The van der Waals surface area contributed by atoms with E-state index in [0.29, 0.717) is 15.8 Å². The molecular formula is C13H15N3OS2. The first kappa shape index (κ1) is 12.7. The third kappa shape index (κ3) is 2.55. The number of hydrogen-bond acceptors (Lipinski definition) is 5. The number of carbonyl (C=O) groups excluding carboxylic acids is 1. The summed E-state index contributed by atoms with van der Waals surface area (Å²) in [6, 6.07) is 3.74. The van der Waals surface area contributed by atoms with Gasteiger partial charge in [-0.1, -0.05) is 0 Å². The van der Waals surface area contributed by atoms with Crippen molar-refractivity contribution in [2.45, 2.75) is 18.1 Å². The van der Waals surface area contributed by atoms with Gasteiger partial charge in [-0.2, -0.15) is 11.8 Å². The third-order valence-corrected chi connectivity index (χ3v) is 5.75. The lowest BCUT2D eigenvalue weighted by Crippen LogP contribution is -2.29. The Kier molecular flexibility index (Phi) is 3.61. The van der Waals surface area contributed by atoms with Crippen molar-refractivity contribution in [1.29, 1.82) is 0 Å². The zero-order valence-electron chi connectivity index (χ0n) is 10.4. The molecule has 3 N–H and O–H groups in total. The quantitative estimate of drug-likeness (QED) is 0.912. The molecule has 2 aromatic rings. The van der Waals surface area contributed by atoms with E-state index in [4.69, 9.17) is 5.73 Å². The summed E-state index contributed by atoms with van der Waals surface area (Å²) in [6.07, 6.45) is 4.16. The van der Waals surface area contributed by atoms with Crippen molar-refractivity contribution in [1.82, 2.24) is 10.3 Å². The maximum Gasteiger partial charge on any atom is 0.263 e. The molecular weight excluding hydrogens is 278 g/mol. The molecule has 3 rings (SSSR count). The molecule has 1 amide bonds. The minimum Gasteiger partial charge on any atom is -0.397 e. The van der Waals surface area contributed by atoms with Crippen LogP contribution in [-0.4, -0.2) is 28.4 Å². The van der Waals surface area contributed by atoms with Crippen LogP contribution in [0.2, 0.25) is 0 Å². The van der Waals surface area contributed by atoms with Gasteiger partial charge in [0, 0.05) is 23.4 Å². The summed E-state index contributed by atoms with van der Waals surface area (Å²) in [7, 11) is 0. The number of thiophene rings is 1. The lowest BCUT2D eigenvalue weighted by molar-refractivity contribution is 0.0958. The minimum atomic E-state index is -0.0759. The molecule has 0 spiro atoms. The van der Waals surface area contributed by atoms with Crippen LogP contribution in [0.25, 0.3) is 10.2 Å². The van der Waals surface area contributed by atoms with Crippen LogP contribution in [-0.2, 0) is 0 Å². The number of amides is 1. The average Bonchev–Trinajstić information content (AvgIpc) is 3.05. The van der Waals surface area contributed by atoms with Crippen molar-refractivity contribution in [3.63, 3.8) is 0 Å². The number of nitrogens with zero attached hydrogens (tertiary/aromatic N) is 1. The highest BCUT2D eigenvalue weighted by atomic mass is 32.2. The molecule has 0 bridgehead atoms. The zero-order chi connectivity index (χ0) is 13.2.